The molecule has 28 heavy (non-hydrogen) atoms. The van der Waals surface area contributed by atoms with Gasteiger partial charge in [-0.15, -0.1) is 0 Å². The predicted molar refractivity (Wildman–Crippen MR) is 112 cm³/mol. The van der Waals surface area contributed by atoms with Gasteiger partial charge in [0, 0.05) is 38.3 Å². The summed E-state index contributed by atoms with van der Waals surface area (Å²) in [6, 6.07) is 10.5. The van der Waals surface area contributed by atoms with Gasteiger partial charge in [0.1, 0.15) is 0 Å². The van der Waals surface area contributed by atoms with Crippen LogP contribution in [0.25, 0.3) is 10.8 Å². The Morgan fingerprint density at radius 3 is 2.50 bits per heavy atom. The Hall–Kier alpha value is -2.40. The van der Waals surface area contributed by atoms with Gasteiger partial charge in [-0.25, -0.2) is 0 Å². The van der Waals surface area contributed by atoms with Crippen LogP contribution in [-0.4, -0.2) is 60.9 Å². The number of nitrogens with one attached hydrogen (secondary N) is 1. The number of carbonyl (C=O) groups is 2. The van der Waals surface area contributed by atoms with Crippen molar-refractivity contribution in [1.82, 2.24) is 15.1 Å². The maximum atomic E-state index is 13.2. The molecule has 1 heterocycles. The summed E-state index contributed by atoms with van der Waals surface area (Å²) in [6.07, 6.45) is 4.24. The van der Waals surface area contributed by atoms with Crippen LogP contribution < -0.4 is 5.32 Å². The molecule has 0 aromatic heterocycles. The third-order valence-electron chi connectivity index (χ3n) is 5.99. The summed E-state index contributed by atoms with van der Waals surface area (Å²) in [4.78, 5) is 29.3. The molecular weight excluding hydrogens is 350 g/mol. The fraction of sp³-hybridized carbons (Fsp3) is 0.478. The van der Waals surface area contributed by atoms with E-state index < -0.39 is 0 Å². The molecule has 2 amide bonds. The summed E-state index contributed by atoms with van der Waals surface area (Å²) in [7, 11) is 0. The first-order chi connectivity index (χ1) is 13.7. The molecule has 0 radical (unpaired) electrons. The van der Waals surface area contributed by atoms with Crippen LogP contribution in [-0.2, 0) is 17.6 Å². The van der Waals surface area contributed by atoms with Crippen LogP contribution in [0.15, 0.2) is 30.3 Å². The minimum Gasteiger partial charge on any atom is -0.355 e. The fourth-order valence-corrected chi connectivity index (χ4v) is 4.38. The molecule has 0 unspecified atom stereocenters. The number of carbonyl (C=O) groups excluding carboxylic acids is 2. The molecule has 1 aliphatic carbocycles. The summed E-state index contributed by atoms with van der Waals surface area (Å²) in [5.41, 5.74) is 3.54. The third kappa shape index (κ3) is 3.76. The molecule has 4 rings (SSSR count). The quantitative estimate of drug-likeness (QED) is 0.785. The van der Waals surface area contributed by atoms with Crippen molar-refractivity contribution in [3.63, 3.8) is 0 Å². The number of hydrogen-bond acceptors (Lipinski definition) is 3. The fourth-order valence-electron chi connectivity index (χ4n) is 4.38. The molecule has 5 heteroatoms. The minimum atomic E-state index is 0.0840. The number of unbranched alkanes of at least 4 members (excludes halogenated alkanes) is 1. The zero-order valence-electron chi connectivity index (χ0n) is 16.7. The lowest BCUT2D eigenvalue weighted by molar-refractivity contribution is -0.122. The number of hydrogen-bond donors (Lipinski definition) is 1. The van der Waals surface area contributed by atoms with Crippen molar-refractivity contribution in [2.24, 2.45) is 0 Å². The van der Waals surface area contributed by atoms with Gasteiger partial charge < -0.3 is 10.2 Å². The Kier molecular flexibility index (Phi) is 5.62. The normalized spacial score (nSPS) is 16.5. The summed E-state index contributed by atoms with van der Waals surface area (Å²) < 4.78 is 0. The zero-order valence-corrected chi connectivity index (χ0v) is 16.7. The van der Waals surface area contributed by atoms with Crippen molar-refractivity contribution >= 4 is 22.6 Å². The Morgan fingerprint density at radius 2 is 1.75 bits per heavy atom. The lowest BCUT2D eigenvalue weighted by Crippen LogP contribution is -2.51. The van der Waals surface area contributed by atoms with E-state index in [0.717, 1.165) is 56.3 Å². The maximum absolute atomic E-state index is 13.2. The van der Waals surface area contributed by atoms with E-state index >= 15 is 0 Å². The molecule has 148 valence electrons. The topological polar surface area (TPSA) is 52.7 Å². The molecule has 1 aliphatic heterocycles. The zero-order chi connectivity index (χ0) is 19.5. The Morgan fingerprint density at radius 1 is 1.00 bits per heavy atom. The molecule has 0 atom stereocenters. The van der Waals surface area contributed by atoms with Gasteiger partial charge in [-0.3, -0.25) is 14.5 Å². The maximum Gasteiger partial charge on any atom is 0.254 e. The lowest BCUT2D eigenvalue weighted by atomic mass is 9.99. The predicted octanol–water partition coefficient (Wildman–Crippen LogP) is 2.61. The first kappa shape index (κ1) is 18.9. The highest BCUT2D eigenvalue weighted by atomic mass is 16.2. The van der Waals surface area contributed by atoms with Crippen molar-refractivity contribution in [2.75, 3.05) is 39.3 Å². The molecule has 1 fully saturated rings. The van der Waals surface area contributed by atoms with E-state index in [-0.39, 0.29) is 11.8 Å². The van der Waals surface area contributed by atoms with Gasteiger partial charge in [-0.2, -0.15) is 0 Å². The van der Waals surface area contributed by atoms with Crippen LogP contribution in [0.5, 0.6) is 0 Å². The van der Waals surface area contributed by atoms with E-state index in [0.29, 0.717) is 19.6 Å². The van der Waals surface area contributed by atoms with Gasteiger partial charge >= 0.3 is 0 Å². The smallest absolute Gasteiger partial charge is 0.254 e. The summed E-state index contributed by atoms with van der Waals surface area (Å²) >= 11 is 0. The second-order valence-corrected chi connectivity index (χ2v) is 7.88. The minimum absolute atomic E-state index is 0.0840. The summed E-state index contributed by atoms with van der Waals surface area (Å²) in [5, 5.41) is 5.35. The SMILES string of the molecule is CCCCNC(=O)CN1CCN(C(=O)c2ccc3c4c(cccc24)CC3)CC1. The van der Waals surface area contributed by atoms with E-state index in [9.17, 15) is 9.59 Å². The first-order valence-electron chi connectivity index (χ1n) is 10.5. The highest BCUT2D eigenvalue weighted by Crippen LogP contribution is 2.33. The first-order valence-corrected chi connectivity index (χ1v) is 10.5. The van der Waals surface area contributed by atoms with Gasteiger partial charge in [-0.1, -0.05) is 37.6 Å². The van der Waals surface area contributed by atoms with Crippen LogP contribution in [0, 0.1) is 0 Å². The molecule has 2 aliphatic rings. The standard InChI is InChI=1S/C23H29N3O2/c1-2-3-11-24-21(27)16-25-12-14-26(15-13-25)23(28)20-10-9-18-8-7-17-5-4-6-19(20)22(17)18/h4-6,9-10H,2-3,7-8,11-16H2,1H3,(H,24,27). The number of piperazine rings is 1. The monoisotopic (exact) mass is 379 g/mol. The Labute approximate surface area is 166 Å². The van der Waals surface area contributed by atoms with Gasteiger partial charge in [0.05, 0.1) is 6.54 Å². The van der Waals surface area contributed by atoms with E-state index in [1.54, 1.807) is 0 Å². The Bertz CT molecular complexity index is 875. The largest absolute Gasteiger partial charge is 0.355 e. The molecule has 2 aromatic rings. The summed E-state index contributed by atoms with van der Waals surface area (Å²) in [6.45, 7) is 6.12. The average Bonchev–Trinajstić information content (AvgIpc) is 3.14. The molecule has 0 bridgehead atoms. The van der Waals surface area contributed by atoms with E-state index in [1.165, 1.54) is 16.5 Å². The second kappa shape index (κ2) is 8.31. The summed E-state index contributed by atoms with van der Waals surface area (Å²) in [5.74, 6) is 0.198. The van der Waals surface area contributed by atoms with Crippen molar-refractivity contribution in [3.05, 3.63) is 47.0 Å². The lowest BCUT2D eigenvalue weighted by Gasteiger charge is -2.34. The molecule has 2 aromatic carbocycles. The van der Waals surface area contributed by atoms with Gasteiger partial charge in [0.15, 0.2) is 0 Å². The third-order valence-corrected chi connectivity index (χ3v) is 5.99. The van der Waals surface area contributed by atoms with Crippen LogP contribution >= 0.6 is 0 Å². The molecule has 5 nitrogen and oxygen atoms in total. The van der Waals surface area contributed by atoms with Crippen molar-refractivity contribution in [1.29, 1.82) is 0 Å². The molecule has 1 N–H and O–H groups in total. The molecule has 1 saturated heterocycles. The van der Waals surface area contributed by atoms with Gasteiger partial charge in [0.2, 0.25) is 5.91 Å². The molecule has 0 saturated carbocycles. The van der Waals surface area contributed by atoms with Crippen LogP contribution in [0.3, 0.4) is 0 Å². The van der Waals surface area contributed by atoms with Crippen LogP contribution in [0.4, 0.5) is 0 Å². The number of amides is 2. The number of benzene rings is 2. The van der Waals surface area contributed by atoms with Crippen molar-refractivity contribution < 1.29 is 9.59 Å². The van der Waals surface area contributed by atoms with Crippen LogP contribution in [0.1, 0.15) is 41.3 Å². The highest BCUT2D eigenvalue weighted by Gasteiger charge is 2.25. The van der Waals surface area contributed by atoms with Crippen LogP contribution in [0.2, 0.25) is 0 Å². The molecular formula is C23H29N3O2. The average molecular weight is 380 g/mol. The highest BCUT2D eigenvalue weighted by molar-refractivity contribution is 6.09. The Balaban J connectivity index is 1.39. The molecule has 0 spiro atoms. The van der Waals surface area contributed by atoms with E-state index in [2.05, 4.69) is 41.4 Å². The second-order valence-electron chi connectivity index (χ2n) is 7.88. The van der Waals surface area contributed by atoms with Crippen molar-refractivity contribution in [2.45, 2.75) is 32.6 Å². The number of nitrogens with zero attached hydrogens (tertiary/aromatic N) is 2. The number of aryl methyl sites for hydroxylation is 2. The van der Waals surface area contributed by atoms with Crippen molar-refractivity contribution in [3.8, 4) is 0 Å². The number of rotatable bonds is 6. The van der Waals surface area contributed by atoms with Gasteiger partial charge in [0.25, 0.3) is 5.91 Å². The van der Waals surface area contributed by atoms with E-state index in [1.807, 2.05) is 11.0 Å². The van der Waals surface area contributed by atoms with Gasteiger partial charge in [-0.05, 0) is 47.2 Å². The van der Waals surface area contributed by atoms with E-state index in [4.69, 9.17) is 0 Å².